The van der Waals surface area contributed by atoms with Gasteiger partial charge in [0.05, 0.1) is 6.61 Å². The fraction of sp³-hybridized carbons (Fsp3) is 0.438. The van der Waals surface area contributed by atoms with Crippen LogP contribution in [0.1, 0.15) is 12.0 Å². The summed E-state index contributed by atoms with van der Waals surface area (Å²) in [7, 11) is -4.13. The molecule has 0 saturated carbocycles. The van der Waals surface area contributed by atoms with Crippen molar-refractivity contribution < 1.29 is 42.3 Å². The van der Waals surface area contributed by atoms with Crippen molar-refractivity contribution in [2.24, 2.45) is 0 Å². The van der Waals surface area contributed by atoms with E-state index < -0.39 is 51.3 Å². The Balaban J connectivity index is 1.41. The minimum absolute atomic E-state index is 0.108. The lowest BCUT2D eigenvalue weighted by molar-refractivity contribution is -0.211. The number of nitrogens with one attached hydrogen (secondary N) is 1. The number of hydrogen-bond acceptors (Lipinski definition) is 9. The van der Waals surface area contributed by atoms with Gasteiger partial charge in [0, 0.05) is 29.3 Å². The molecule has 0 radical (unpaired) electrons. The van der Waals surface area contributed by atoms with Gasteiger partial charge < -0.3 is 29.7 Å². The molecule has 1 aromatic rings. The smallest absolute Gasteiger partial charge is 0.404 e. The van der Waals surface area contributed by atoms with Crippen molar-refractivity contribution in [3.63, 3.8) is 0 Å². The highest BCUT2D eigenvalue weighted by atomic mass is 35.5. The minimum Gasteiger partial charge on any atom is -0.404 e. The second-order valence-electron chi connectivity index (χ2n) is 6.65. The number of carbonyl (C=O) groups is 1. The molecule has 2 unspecified atom stereocenters. The summed E-state index contributed by atoms with van der Waals surface area (Å²) >= 11 is 5.87. The number of phosphoric ester groups is 1. The van der Waals surface area contributed by atoms with E-state index >= 15 is 4.39 Å². The number of rotatable bonds is 4. The number of aliphatic hydroxyl groups excluding tert-OH is 2. The van der Waals surface area contributed by atoms with Crippen LogP contribution in [-0.4, -0.2) is 52.2 Å². The van der Waals surface area contributed by atoms with Crippen LogP contribution in [-0.2, 0) is 29.8 Å². The number of aliphatic hydroxyl groups is 2. The molecular weight excluding hydrogens is 434 g/mol. The van der Waals surface area contributed by atoms with Gasteiger partial charge in [-0.1, -0.05) is 11.6 Å². The van der Waals surface area contributed by atoms with Gasteiger partial charge in [-0.15, -0.1) is 0 Å². The molecule has 1 amide bonds. The quantitative estimate of drug-likeness (QED) is 0.583. The van der Waals surface area contributed by atoms with Crippen molar-refractivity contribution in [1.29, 1.82) is 0 Å². The van der Waals surface area contributed by atoms with Gasteiger partial charge in [-0.3, -0.25) is 13.8 Å². The number of nitrogens with zero attached hydrogens (tertiary/aromatic N) is 1. The number of ether oxygens (including phenoxy) is 1. The third-order valence-corrected chi connectivity index (χ3v) is 6.02. The summed E-state index contributed by atoms with van der Waals surface area (Å²) < 4.78 is 48.3. The Labute approximate surface area is 169 Å². The van der Waals surface area contributed by atoms with Gasteiger partial charge in [-0.2, -0.15) is 0 Å². The predicted octanol–water partition coefficient (Wildman–Crippen LogP) is 1.37. The van der Waals surface area contributed by atoms with Crippen LogP contribution < -0.4 is 9.84 Å². The van der Waals surface area contributed by atoms with Crippen LogP contribution in [0.15, 0.2) is 30.5 Å². The van der Waals surface area contributed by atoms with E-state index in [4.69, 9.17) is 29.9 Å². The number of amides is 1. The molecule has 0 aliphatic carbocycles. The van der Waals surface area contributed by atoms with Gasteiger partial charge in [0.2, 0.25) is 18.1 Å². The van der Waals surface area contributed by atoms with E-state index in [0.717, 1.165) is 11.0 Å². The number of halogens is 2. The van der Waals surface area contributed by atoms with Crippen molar-refractivity contribution in [3.05, 3.63) is 41.1 Å². The number of alkyl halides is 1. The number of carbonyl (C=O) groups excluding carboxylic acids is 1. The normalized spacial score (nSPS) is 36.5. The van der Waals surface area contributed by atoms with E-state index in [1.807, 2.05) is 0 Å². The maximum Gasteiger partial charge on any atom is 0.530 e. The van der Waals surface area contributed by atoms with Crippen LogP contribution in [0.4, 0.5) is 4.39 Å². The summed E-state index contributed by atoms with van der Waals surface area (Å²) in [6.07, 6.45) is -2.47. The van der Waals surface area contributed by atoms with Gasteiger partial charge in [-0.25, -0.2) is 8.96 Å². The highest BCUT2D eigenvalue weighted by Crippen LogP contribution is 2.55. The lowest BCUT2D eigenvalue weighted by atomic mass is 10.1. The summed E-state index contributed by atoms with van der Waals surface area (Å²) in [6, 6.07) is 4.60. The van der Waals surface area contributed by atoms with Gasteiger partial charge in [0.1, 0.15) is 18.5 Å². The van der Waals surface area contributed by atoms with Crippen molar-refractivity contribution >= 4 is 25.3 Å². The highest BCUT2D eigenvalue weighted by molar-refractivity contribution is 7.49. The van der Waals surface area contributed by atoms with Crippen LogP contribution in [0.3, 0.4) is 0 Å². The van der Waals surface area contributed by atoms with E-state index in [-0.39, 0.29) is 12.4 Å². The molecule has 1 fully saturated rings. The van der Waals surface area contributed by atoms with E-state index in [9.17, 15) is 19.6 Å². The second kappa shape index (κ2) is 7.51. The predicted molar refractivity (Wildman–Crippen MR) is 94.9 cm³/mol. The Morgan fingerprint density at radius 1 is 1.45 bits per heavy atom. The molecule has 3 N–H and O–H groups in total. The molecule has 158 valence electrons. The maximum atomic E-state index is 15.1. The van der Waals surface area contributed by atoms with Crippen LogP contribution in [0, 0.1) is 0 Å². The third kappa shape index (κ3) is 4.26. The third-order valence-electron chi connectivity index (χ3n) is 4.47. The van der Waals surface area contributed by atoms with E-state index in [1.54, 1.807) is 6.07 Å². The summed E-state index contributed by atoms with van der Waals surface area (Å²) in [5.74, 6) is -2.86. The highest BCUT2D eigenvalue weighted by Gasteiger charge is 2.52. The first-order valence-electron chi connectivity index (χ1n) is 8.53. The molecule has 10 nitrogen and oxygen atoms in total. The Morgan fingerprint density at radius 2 is 2.24 bits per heavy atom. The Bertz CT molecular complexity index is 904. The Kier molecular flexibility index (Phi) is 5.32. The lowest BCUT2D eigenvalue weighted by Gasteiger charge is -2.35. The maximum absolute atomic E-state index is 15.1. The van der Waals surface area contributed by atoms with Gasteiger partial charge in [0.25, 0.3) is 0 Å². The zero-order valence-electron chi connectivity index (χ0n) is 14.7. The molecule has 3 heterocycles. The number of benzene rings is 1. The molecule has 3 aliphatic rings. The summed E-state index contributed by atoms with van der Waals surface area (Å²) in [5.41, 5.74) is 0.558. The number of hydrogen-bond donors (Lipinski definition) is 3. The monoisotopic (exact) mass is 450 g/mol. The molecule has 0 bridgehead atoms. The summed E-state index contributed by atoms with van der Waals surface area (Å²) in [5, 5.41) is 22.7. The van der Waals surface area contributed by atoms with Crippen molar-refractivity contribution in [3.8, 4) is 5.75 Å². The molecule has 4 rings (SSSR count). The first kappa shape index (κ1) is 20.5. The molecule has 5 atom stereocenters. The Hall–Kier alpha value is -1.72. The van der Waals surface area contributed by atoms with Gasteiger partial charge >= 0.3 is 7.82 Å². The molecular formula is C16H17ClFN2O8P. The molecule has 29 heavy (non-hydrogen) atoms. The zero-order chi connectivity index (χ0) is 20.8. The SMILES string of the molecule is O=C1C=CN([C@@H]2O[C@](F)(COP3(=O)OCc4cc(Cl)ccc4O3)C[C@H]2O)C(O)N1. The fourth-order valence-corrected chi connectivity index (χ4v) is 4.54. The topological polar surface area (TPSA) is 127 Å². The van der Waals surface area contributed by atoms with E-state index in [2.05, 4.69) is 5.32 Å². The Morgan fingerprint density at radius 3 is 3.00 bits per heavy atom. The lowest BCUT2D eigenvalue weighted by Crippen LogP contribution is -2.55. The molecule has 3 aliphatic heterocycles. The minimum atomic E-state index is -4.13. The van der Waals surface area contributed by atoms with Crippen LogP contribution in [0.25, 0.3) is 0 Å². The number of fused-ring (bicyclic) bond motifs is 1. The fourth-order valence-electron chi connectivity index (χ4n) is 3.10. The van der Waals surface area contributed by atoms with Crippen molar-refractivity contribution in [2.45, 2.75) is 37.6 Å². The van der Waals surface area contributed by atoms with E-state index in [0.29, 0.717) is 10.6 Å². The molecule has 13 heteroatoms. The van der Waals surface area contributed by atoms with E-state index in [1.165, 1.54) is 18.3 Å². The summed E-state index contributed by atoms with van der Waals surface area (Å²) in [4.78, 5) is 12.2. The van der Waals surface area contributed by atoms with Crippen molar-refractivity contribution in [1.82, 2.24) is 10.2 Å². The molecule has 0 spiro atoms. The number of phosphoric acid groups is 1. The summed E-state index contributed by atoms with van der Waals surface area (Å²) in [6.45, 7) is -0.968. The molecule has 1 aromatic carbocycles. The standard InChI is InChI=1S/C16H17ClFN2O8P/c17-10-1-2-12-9(5-10)7-25-29(24,28-12)26-8-16(18)6-11(21)14(27-16)20-4-3-13(22)19-15(20)23/h1-5,11,14-15,21,23H,6-8H2,(H,19,22)/t11-,14-,15?,16+,29?/m1/s1. The molecule has 0 aromatic heterocycles. The second-order valence-corrected chi connectivity index (χ2v) is 8.68. The average molecular weight is 451 g/mol. The first-order valence-corrected chi connectivity index (χ1v) is 10.4. The zero-order valence-corrected chi connectivity index (χ0v) is 16.4. The van der Waals surface area contributed by atoms with Crippen LogP contribution in [0.2, 0.25) is 5.02 Å². The van der Waals surface area contributed by atoms with Crippen molar-refractivity contribution in [2.75, 3.05) is 6.61 Å². The van der Waals surface area contributed by atoms with Gasteiger partial charge in [-0.05, 0) is 18.2 Å². The van der Waals surface area contributed by atoms with Crippen LogP contribution in [0.5, 0.6) is 5.75 Å². The molecule has 1 saturated heterocycles. The largest absolute Gasteiger partial charge is 0.530 e. The van der Waals surface area contributed by atoms with Gasteiger partial charge in [0.15, 0.2) is 6.23 Å². The first-order chi connectivity index (χ1) is 13.7. The average Bonchev–Trinajstić information content (AvgIpc) is 2.96. The van der Waals surface area contributed by atoms with Crippen LogP contribution >= 0.6 is 19.4 Å².